The number of rotatable bonds is 5. The van der Waals surface area contributed by atoms with E-state index < -0.39 is 17.6 Å². The number of aromatic nitrogens is 1. The lowest BCUT2D eigenvalue weighted by molar-refractivity contribution is -0.134. The maximum atomic E-state index is 13.9. The van der Waals surface area contributed by atoms with E-state index in [9.17, 15) is 18.4 Å². The second kappa shape index (κ2) is 8.03. The molecule has 0 radical (unpaired) electrons. The fraction of sp³-hybridized carbons (Fsp3) is 0.208. The molecular formula is C24H17F2NO5. The van der Waals surface area contributed by atoms with Gasteiger partial charge in [0.25, 0.3) is 0 Å². The van der Waals surface area contributed by atoms with E-state index in [1.54, 1.807) is 12.1 Å². The fourth-order valence-electron chi connectivity index (χ4n) is 3.99. The molecule has 1 aliphatic rings. The molecule has 0 fully saturated rings. The smallest absolute Gasteiger partial charge is 0.339 e. The molecule has 0 amide bonds. The molecule has 2 heterocycles. The summed E-state index contributed by atoms with van der Waals surface area (Å²) in [7, 11) is 0. The molecule has 0 bridgehead atoms. The predicted octanol–water partition coefficient (Wildman–Crippen LogP) is 4.75. The standard InChI is InChI=1S/C24H17F2NO5/c25-17-5-2-6-18(26)23(17)20-12-27-21(31-20)9-10-22(28)30-13-7-8-15-14-3-1-4-16(14)24(29)32-19(15)11-13/h2,5-8,11-12H,1,3-4,9-10H2. The molecule has 162 valence electrons. The number of halogens is 2. The molecule has 2 aromatic heterocycles. The molecule has 4 aromatic rings. The van der Waals surface area contributed by atoms with Crippen molar-refractivity contribution < 1.29 is 27.1 Å². The van der Waals surface area contributed by atoms with E-state index >= 15 is 0 Å². The minimum atomic E-state index is -0.763. The lowest BCUT2D eigenvalue weighted by Gasteiger charge is -2.07. The summed E-state index contributed by atoms with van der Waals surface area (Å²) in [5.41, 5.74) is 1.45. The lowest BCUT2D eigenvalue weighted by Crippen LogP contribution is -2.10. The molecule has 0 unspecified atom stereocenters. The van der Waals surface area contributed by atoms with E-state index in [1.807, 2.05) is 0 Å². The zero-order valence-electron chi connectivity index (χ0n) is 16.8. The van der Waals surface area contributed by atoms with Crippen molar-refractivity contribution >= 4 is 16.9 Å². The van der Waals surface area contributed by atoms with Gasteiger partial charge in [0, 0.05) is 23.4 Å². The molecule has 5 rings (SSSR count). The summed E-state index contributed by atoms with van der Waals surface area (Å²) in [4.78, 5) is 28.4. The van der Waals surface area contributed by atoms with Gasteiger partial charge in [-0.15, -0.1) is 0 Å². The van der Waals surface area contributed by atoms with Crippen LogP contribution in [0.5, 0.6) is 5.75 Å². The first kappa shape index (κ1) is 20.1. The van der Waals surface area contributed by atoms with Crippen molar-refractivity contribution in [2.24, 2.45) is 0 Å². The summed E-state index contributed by atoms with van der Waals surface area (Å²) in [5.74, 6) is -1.73. The molecule has 0 aliphatic heterocycles. The minimum Gasteiger partial charge on any atom is -0.441 e. The summed E-state index contributed by atoms with van der Waals surface area (Å²) in [5, 5.41) is 0.851. The molecule has 0 N–H and O–H groups in total. The van der Waals surface area contributed by atoms with Gasteiger partial charge in [-0.2, -0.15) is 0 Å². The maximum Gasteiger partial charge on any atom is 0.339 e. The highest BCUT2D eigenvalue weighted by atomic mass is 19.1. The third-order valence-corrected chi connectivity index (χ3v) is 5.48. The van der Waals surface area contributed by atoms with E-state index in [1.165, 1.54) is 18.3 Å². The fourth-order valence-corrected chi connectivity index (χ4v) is 3.99. The first-order valence-electron chi connectivity index (χ1n) is 10.2. The van der Waals surface area contributed by atoms with Crippen LogP contribution < -0.4 is 10.4 Å². The maximum absolute atomic E-state index is 13.9. The van der Waals surface area contributed by atoms with Crippen molar-refractivity contribution in [1.82, 2.24) is 4.98 Å². The number of aryl methyl sites for hydroxylation is 2. The van der Waals surface area contributed by atoms with Crippen LogP contribution in [0, 0.1) is 11.6 Å². The van der Waals surface area contributed by atoms with E-state index in [0.717, 1.165) is 47.9 Å². The summed E-state index contributed by atoms with van der Waals surface area (Å²) >= 11 is 0. The van der Waals surface area contributed by atoms with Gasteiger partial charge in [0.2, 0.25) is 0 Å². The molecule has 0 saturated heterocycles. The Bertz CT molecular complexity index is 1390. The van der Waals surface area contributed by atoms with Crippen molar-refractivity contribution in [2.75, 3.05) is 0 Å². The Kier molecular flexibility index (Phi) is 5.05. The predicted molar refractivity (Wildman–Crippen MR) is 110 cm³/mol. The first-order valence-corrected chi connectivity index (χ1v) is 10.2. The van der Waals surface area contributed by atoms with Crippen LogP contribution in [0.3, 0.4) is 0 Å². The zero-order valence-corrected chi connectivity index (χ0v) is 16.8. The average Bonchev–Trinajstić information content (AvgIpc) is 3.43. The van der Waals surface area contributed by atoms with Crippen molar-refractivity contribution in [3.63, 3.8) is 0 Å². The third kappa shape index (κ3) is 3.68. The zero-order chi connectivity index (χ0) is 22.2. The van der Waals surface area contributed by atoms with E-state index in [-0.39, 0.29) is 41.4 Å². The van der Waals surface area contributed by atoms with Crippen LogP contribution in [0.1, 0.15) is 29.9 Å². The third-order valence-electron chi connectivity index (χ3n) is 5.48. The molecular weight excluding hydrogens is 420 g/mol. The highest BCUT2D eigenvalue weighted by Gasteiger charge is 2.20. The molecule has 32 heavy (non-hydrogen) atoms. The molecule has 2 aromatic carbocycles. The number of hydrogen-bond donors (Lipinski definition) is 0. The molecule has 0 spiro atoms. The van der Waals surface area contributed by atoms with Crippen molar-refractivity contribution in [1.29, 1.82) is 0 Å². The quantitative estimate of drug-likeness (QED) is 0.255. The number of fused-ring (bicyclic) bond motifs is 3. The molecule has 0 atom stereocenters. The van der Waals surface area contributed by atoms with E-state index in [4.69, 9.17) is 13.6 Å². The van der Waals surface area contributed by atoms with Gasteiger partial charge in [-0.3, -0.25) is 4.79 Å². The van der Waals surface area contributed by atoms with Crippen LogP contribution in [0.15, 0.2) is 56.2 Å². The van der Waals surface area contributed by atoms with Gasteiger partial charge < -0.3 is 13.6 Å². The Morgan fingerprint density at radius 3 is 2.66 bits per heavy atom. The number of nitrogens with zero attached hydrogens (tertiary/aromatic N) is 1. The summed E-state index contributed by atoms with van der Waals surface area (Å²) in [6, 6.07) is 8.47. The van der Waals surface area contributed by atoms with Gasteiger partial charge in [-0.1, -0.05) is 6.07 Å². The first-order chi connectivity index (χ1) is 15.5. The summed E-state index contributed by atoms with van der Waals surface area (Å²) < 4.78 is 43.9. The van der Waals surface area contributed by atoms with Gasteiger partial charge >= 0.3 is 11.6 Å². The number of ether oxygens (including phenoxy) is 1. The van der Waals surface area contributed by atoms with Crippen molar-refractivity contribution in [2.45, 2.75) is 32.1 Å². The van der Waals surface area contributed by atoms with Crippen LogP contribution in [-0.2, 0) is 24.1 Å². The van der Waals surface area contributed by atoms with E-state index in [2.05, 4.69) is 4.98 Å². The largest absolute Gasteiger partial charge is 0.441 e. The van der Waals surface area contributed by atoms with Gasteiger partial charge in [0.15, 0.2) is 11.7 Å². The van der Waals surface area contributed by atoms with Crippen LogP contribution in [0.25, 0.3) is 22.3 Å². The highest BCUT2D eigenvalue weighted by Crippen LogP contribution is 2.30. The second-order valence-corrected chi connectivity index (χ2v) is 7.55. The number of carbonyl (C=O) groups is 1. The molecule has 1 aliphatic carbocycles. The Morgan fingerprint density at radius 2 is 1.84 bits per heavy atom. The Morgan fingerprint density at radius 1 is 1.06 bits per heavy atom. The molecule has 8 heteroatoms. The van der Waals surface area contributed by atoms with Gasteiger partial charge in [-0.05, 0) is 49.1 Å². The number of oxazole rings is 1. The summed E-state index contributed by atoms with van der Waals surface area (Å²) in [6.07, 6.45) is 3.70. The van der Waals surface area contributed by atoms with Gasteiger partial charge in [0.05, 0.1) is 18.2 Å². The van der Waals surface area contributed by atoms with Crippen molar-refractivity contribution in [3.05, 3.63) is 81.7 Å². The lowest BCUT2D eigenvalue weighted by atomic mass is 10.1. The average molecular weight is 437 g/mol. The normalized spacial score (nSPS) is 12.8. The second-order valence-electron chi connectivity index (χ2n) is 7.55. The SMILES string of the molecule is O=C(CCc1ncc(-c2c(F)cccc2F)o1)Oc1ccc2c3c(c(=O)oc2c1)CCC3. The highest BCUT2D eigenvalue weighted by molar-refractivity contribution is 5.84. The molecule has 6 nitrogen and oxygen atoms in total. The Labute approximate surface area is 180 Å². The summed E-state index contributed by atoms with van der Waals surface area (Å²) in [6.45, 7) is 0. The van der Waals surface area contributed by atoms with Gasteiger partial charge in [-0.25, -0.2) is 18.6 Å². The number of carbonyl (C=O) groups excluding carboxylic acids is 1. The van der Waals surface area contributed by atoms with Crippen molar-refractivity contribution in [3.8, 4) is 17.1 Å². The van der Waals surface area contributed by atoms with Crippen LogP contribution in [-0.4, -0.2) is 11.0 Å². The number of benzene rings is 2. The van der Waals surface area contributed by atoms with Crippen LogP contribution >= 0.6 is 0 Å². The topological polar surface area (TPSA) is 82.5 Å². The number of esters is 1. The molecule has 0 saturated carbocycles. The van der Waals surface area contributed by atoms with Gasteiger partial charge in [0.1, 0.15) is 23.0 Å². The minimum absolute atomic E-state index is 0.0546. The number of hydrogen-bond acceptors (Lipinski definition) is 6. The van der Waals surface area contributed by atoms with E-state index in [0.29, 0.717) is 5.58 Å². The Hall–Kier alpha value is -3.81. The monoisotopic (exact) mass is 437 g/mol. The van der Waals surface area contributed by atoms with Crippen LogP contribution in [0.4, 0.5) is 8.78 Å². The Balaban J connectivity index is 1.27. The van der Waals surface area contributed by atoms with Crippen LogP contribution in [0.2, 0.25) is 0 Å².